The molecule has 1 amide bonds. The Morgan fingerprint density at radius 3 is 2.89 bits per heavy atom. The fourth-order valence-corrected chi connectivity index (χ4v) is 3.85. The lowest BCUT2D eigenvalue weighted by atomic mass is 9.79. The van der Waals surface area contributed by atoms with Gasteiger partial charge in [-0.2, -0.15) is 0 Å². The monoisotopic (exact) mass is 300 g/mol. The lowest BCUT2D eigenvalue weighted by molar-refractivity contribution is -0.127. The molecule has 1 saturated carbocycles. The Morgan fingerprint density at radius 1 is 1.42 bits per heavy atom. The molecule has 0 radical (unpaired) electrons. The molecule has 2 atom stereocenters. The van der Waals surface area contributed by atoms with Gasteiger partial charge < -0.3 is 11.1 Å². The van der Waals surface area contributed by atoms with Crippen molar-refractivity contribution in [3.8, 4) is 0 Å². The summed E-state index contributed by atoms with van der Waals surface area (Å²) in [5.74, 6) is 0.661. The molecule has 3 nitrogen and oxygen atoms in total. The molecule has 5 heteroatoms. The zero-order valence-corrected chi connectivity index (χ0v) is 12.6. The van der Waals surface area contributed by atoms with Crippen molar-refractivity contribution in [1.82, 2.24) is 5.32 Å². The van der Waals surface area contributed by atoms with Crippen molar-refractivity contribution in [3.05, 3.63) is 21.3 Å². The molecule has 0 bridgehead atoms. The smallest absolute Gasteiger partial charge is 0.223 e. The average Bonchev–Trinajstić information content (AvgIpc) is 2.84. The Balaban J connectivity index is 1.77. The van der Waals surface area contributed by atoms with Gasteiger partial charge in [-0.1, -0.05) is 24.4 Å². The Labute approximate surface area is 123 Å². The number of carbonyl (C=O) groups is 1. The first-order valence-corrected chi connectivity index (χ1v) is 8.12. The van der Waals surface area contributed by atoms with Crippen molar-refractivity contribution >= 4 is 28.8 Å². The van der Waals surface area contributed by atoms with Gasteiger partial charge in [-0.15, -0.1) is 11.3 Å². The number of amides is 1. The van der Waals surface area contributed by atoms with Crippen LogP contribution in [-0.4, -0.2) is 19.0 Å². The zero-order valence-electron chi connectivity index (χ0n) is 11.0. The predicted molar refractivity (Wildman–Crippen MR) is 80.5 cm³/mol. The lowest BCUT2D eigenvalue weighted by Gasteiger charge is -2.29. The summed E-state index contributed by atoms with van der Waals surface area (Å²) >= 11 is 7.45. The third-order valence-corrected chi connectivity index (χ3v) is 5.14. The Morgan fingerprint density at radius 2 is 2.21 bits per heavy atom. The van der Waals surface area contributed by atoms with Crippen molar-refractivity contribution in [2.24, 2.45) is 17.6 Å². The van der Waals surface area contributed by atoms with Gasteiger partial charge in [0.2, 0.25) is 5.91 Å². The minimum atomic E-state index is 0.116. The maximum absolute atomic E-state index is 12.2. The Kier molecular flexibility index (Phi) is 5.67. The second kappa shape index (κ2) is 7.27. The van der Waals surface area contributed by atoms with E-state index < -0.39 is 0 Å². The van der Waals surface area contributed by atoms with E-state index >= 15 is 0 Å². The SMILES string of the molecule is NCC1CCCCC1C(=O)NCCc1ccc(Cl)s1. The molecule has 1 aliphatic rings. The van der Waals surface area contributed by atoms with Crippen molar-refractivity contribution < 1.29 is 4.79 Å². The summed E-state index contributed by atoms with van der Waals surface area (Å²) in [4.78, 5) is 13.4. The second-order valence-corrected chi connectivity index (χ2v) is 6.93. The van der Waals surface area contributed by atoms with E-state index in [1.807, 2.05) is 12.1 Å². The van der Waals surface area contributed by atoms with Crippen LogP contribution >= 0.6 is 22.9 Å². The van der Waals surface area contributed by atoms with Gasteiger partial charge in [-0.25, -0.2) is 0 Å². The van der Waals surface area contributed by atoms with Crippen LogP contribution in [0.15, 0.2) is 12.1 Å². The molecule has 106 valence electrons. The molecular formula is C14H21ClN2OS. The molecule has 1 aromatic rings. The molecule has 0 saturated heterocycles. The molecule has 2 rings (SSSR count). The number of rotatable bonds is 5. The molecule has 0 aromatic carbocycles. The number of carbonyl (C=O) groups excluding carboxylic acids is 1. The number of thiophene rings is 1. The van der Waals surface area contributed by atoms with Gasteiger partial charge in [0.25, 0.3) is 0 Å². The normalized spacial score (nSPS) is 23.3. The molecule has 1 aliphatic carbocycles. The number of nitrogens with one attached hydrogen (secondary N) is 1. The quantitative estimate of drug-likeness (QED) is 0.878. The van der Waals surface area contributed by atoms with E-state index in [2.05, 4.69) is 5.32 Å². The highest BCUT2D eigenvalue weighted by molar-refractivity contribution is 7.16. The predicted octanol–water partition coefficient (Wildman–Crippen LogP) is 2.83. The third kappa shape index (κ3) is 4.20. The molecule has 0 aliphatic heterocycles. The maximum Gasteiger partial charge on any atom is 0.223 e. The minimum absolute atomic E-state index is 0.116. The van der Waals surface area contributed by atoms with Crippen LogP contribution < -0.4 is 11.1 Å². The van der Waals surface area contributed by atoms with Gasteiger partial charge in [0.1, 0.15) is 0 Å². The highest BCUT2D eigenvalue weighted by atomic mass is 35.5. The van der Waals surface area contributed by atoms with Crippen LogP contribution in [0, 0.1) is 11.8 Å². The molecule has 1 aromatic heterocycles. The maximum atomic E-state index is 12.2. The third-order valence-electron chi connectivity index (χ3n) is 3.85. The summed E-state index contributed by atoms with van der Waals surface area (Å²) in [6.45, 7) is 1.31. The van der Waals surface area contributed by atoms with E-state index in [0.717, 1.165) is 30.0 Å². The van der Waals surface area contributed by atoms with E-state index in [0.29, 0.717) is 19.0 Å². The fourth-order valence-electron chi connectivity index (χ4n) is 2.76. The zero-order chi connectivity index (χ0) is 13.7. The second-order valence-electron chi connectivity index (χ2n) is 5.13. The summed E-state index contributed by atoms with van der Waals surface area (Å²) in [6, 6.07) is 3.91. The van der Waals surface area contributed by atoms with Crippen molar-refractivity contribution in [3.63, 3.8) is 0 Å². The van der Waals surface area contributed by atoms with Crippen LogP contribution in [0.1, 0.15) is 30.6 Å². The van der Waals surface area contributed by atoms with Gasteiger partial charge in [0, 0.05) is 17.3 Å². The highest BCUT2D eigenvalue weighted by Gasteiger charge is 2.29. The van der Waals surface area contributed by atoms with E-state index in [9.17, 15) is 4.79 Å². The average molecular weight is 301 g/mol. The number of hydrogen-bond donors (Lipinski definition) is 2. The molecule has 0 spiro atoms. The van der Waals surface area contributed by atoms with Crippen molar-refractivity contribution in [2.45, 2.75) is 32.1 Å². The van der Waals surface area contributed by atoms with Crippen molar-refractivity contribution in [1.29, 1.82) is 0 Å². The molecular weight excluding hydrogens is 280 g/mol. The lowest BCUT2D eigenvalue weighted by Crippen LogP contribution is -2.40. The number of halogens is 1. The van der Waals surface area contributed by atoms with Gasteiger partial charge in [-0.05, 0) is 43.9 Å². The summed E-state index contributed by atoms with van der Waals surface area (Å²) in [7, 11) is 0. The molecule has 1 heterocycles. The van der Waals surface area contributed by atoms with Gasteiger partial charge in [0.05, 0.1) is 4.34 Å². The first kappa shape index (κ1) is 14.8. The van der Waals surface area contributed by atoms with E-state index in [-0.39, 0.29) is 11.8 Å². The number of hydrogen-bond acceptors (Lipinski definition) is 3. The van der Waals surface area contributed by atoms with Crippen LogP contribution in [0.25, 0.3) is 0 Å². The van der Waals surface area contributed by atoms with Crippen LogP contribution in [0.5, 0.6) is 0 Å². The first-order chi connectivity index (χ1) is 9.20. The van der Waals surface area contributed by atoms with Crippen molar-refractivity contribution in [2.75, 3.05) is 13.1 Å². The van der Waals surface area contributed by atoms with Crippen LogP contribution in [0.3, 0.4) is 0 Å². The summed E-state index contributed by atoms with van der Waals surface area (Å²) in [5.41, 5.74) is 5.76. The fraction of sp³-hybridized carbons (Fsp3) is 0.643. The van der Waals surface area contributed by atoms with E-state index in [4.69, 9.17) is 17.3 Å². The minimum Gasteiger partial charge on any atom is -0.355 e. The Hall–Kier alpha value is -0.580. The summed E-state index contributed by atoms with van der Waals surface area (Å²) < 4.78 is 0.803. The summed E-state index contributed by atoms with van der Waals surface area (Å²) in [6.07, 6.45) is 5.28. The highest BCUT2D eigenvalue weighted by Crippen LogP contribution is 2.29. The van der Waals surface area contributed by atoms with Gasteiger partial charge in [0.15, 0.2) is 0 Å². The molecule has 2 unspecified atom stereocenters. The van der Waals surface area contributed by atoms with Crippen LogP contribution in [-0.2, 0) is 11.2 Å². The Bertz CT molecular complexity index is 421. The van der Waals surface area contributed by atoms with Crippen LogP contribution in [0.2, 0.25) is 4.34 Å². The van der Waals surface area contributed by atoms with Gasteiger partial charge in [-0.3, -0.25) is 4.79 Å². The van der Waals surface area contributed by atoms with Gasteiger partial charge >= 0.3 is 0 Å². The van der Waals surface area contributed by atoms with E-state index in [1.54, 1.807) is 11.3 Å². The summed E-state index contributed by atoms with van der Waals surface area (Å²) in [5, 5.41) is 3.04. The van der Waals surface area contributed by atoms with E-state index in [1.165, 1.54) is 11.3 Å². The number of nitrogens with two attached hydrogens (primary N) is 1. The topological polar surface area (TPSA) is 55.1 Å². The van der Waals surface area contributed by atoms with Crippen LogP contribution in [0.4, 0.5) is 0 Å². The molecule has 1 fully saturated rings. The molecule has 19 heavy (non-hydrogen) atoms. The largest absolute Gasteiger partial charge is 0.355 e. The molecule has 3 N–H and O–H groups in total. The standard InChI is InChI=1S/C14H21ClN2OS/c15-13-6-5-11(19-13)7-8-17-14(18)12-4-2-1-3-10(12)9-16/h5-6,10,12H,1-4,7-9,16H2,(H,17,18). The first-order valence-electron chi connectivity index (χ1n) is 6.92.